The van der Waals surface area contributed by atoms with Gasteiger partial charge in [0.1, 0.15) is 11.5 Å². The van der Waals surface area contributed by atoms with Gasteiger partial charge >= 0.3 is 0 Å². The van der Waals surface area contributed by atoms with Crippen LogP contribution in [0.4, 0.5) is 0 Å². The standard InChI is InChI=1S/C21H23NO4/c1-13-20(14-6-2-3-7-16(14)23)15-10-18-19(25-12-24-18)11-17(15)26-21(13)22-8-4-5-9-22/h2-3,6-7,10-11,13,20-21,23H,4-5,8-9,12H2,1H3/t13-,20-,21-/m0/s1. The molecule has 0 unspecified atom stereocenters. The molecule has 2 aromatic rings. The van der Waals surface area contributed by atoms with Gasteiger partial charge in [-0.1, -0.05) is 25.1 Å². The molecule has 5 nitrogen and oxygen atoms in total. The summed E-state index contributed by atoms with van der Waals surface area (Å²) in [4.78, 5) is 2.42. The lowest BCUT2D eigenvalue weighted by Gasteiger charge is -2.42. The lowest BCUT2D eigenvalue weighted by molar-refractivity contribution is -0.0180. The maximum absolute atomic E-state index is 10.5. The second-order valence-electron chi connectivity index (χ2n) is 7.39. The quantitative estimate of drug-likeness (QED) is 0.892. The van der Waals surface area contributed by atoms with Crippen molar-refractivity contribution in [3.63, 3.8) is 0 Å². The van der Waals surface area contributed by atoms with E-state index in [2.05, 4.69) is 11.8 Å². The van der Waals surface area contributed by atoms with Crippen molar-refractivity contribution in [1.82, 2.24) is 4.90 Å². The maximum atomic E-state index is 10.5. The summed E-state index contributed by atoms with van der Waals surface area (Å²) in [7, 11) is 0. The van der Waals surface area contributed by atoms with E-state index in [0.29, 0.717) is 5.75 Å². The van der Waals surface area contributed by atoms with E-state index >= 15 is 0 Å². The van der Waals surface area contributed by atoms with Crippen LogP contribution < -0.4 is 14.2 Å². The molecule has 1 N–H and O–H groups in total. The summed E-state index contributed by atoms with van der Waals surface area (Å²) >= 11 is 0. The molecule has 3 heterocycles. The number of para-hydroxylation sites is 1. The van der Waals surface area contributed by atoms with E-state index in [4.69, 9.17) is 14.2 Å². The molecule has 1 fully saturated rings. The number of hydrogen-bond donors (Lipinski definition) is 1. The molecule has 26 heavy (non-hydrogen) atoms. The molecule has 0 amide bonds. The number of rotatable bonds is 2. The van der Waals surface area contributed by atoms with E-state index in [0.717, 1.165) is 41.5 Å². The van der Waals surface area contributed by atoms with E-state index in [-0.39, 0.29) is 24.9 Å². The van der Waals surface area contributed by atoms with Gasteiger partial charge in [-0.15, -0.1) is 0 Å². The third-order valence-corrected chi connectivity index (χ3v) is 5.84. The second kappa shape index (κ2) is 6.09. The molecule has 3 aliphatic rings. The summed E-state index contributed by atoms with van der Waals surface area (Å²) in [5.41, 5.74) is 1.99. The Bertz CT molecular complexity index is 831. The molecule has 2 aromatic carbocycles. The third-order valence-electron chi connectivity index (χ3n) is 5.84. The fraction of sp³-hybridized carbons (Fsp3) is 0.429. The second-order valence-corrected chi connectivity index (χ2v) is 7.39. The molecule has 3 aliphatic heterocycles. The largest absolute Gasteiger partial charge is 0.508 e. The topological polar surface area (TPSA) is 51.2 Å². The zero-order valence-corrected chi connectivity index (χ0v) is 14.9. The van der Waals surface area contributed by atoms with Crippen LogP contribution in [0.1, 0.15) is 36.8 Å². The summed E-state index contributed by atoms with van der Waals surface area (Å²) < 4.78 is 17.6. The normalized spacial score (nSPS) is 27.2. The molecular weight excluding hydrogens is 330 g/mol. The van der Waals surface area contributed by atoms with Crippen molar-refractivity contribution < 1.29 is 19.3 Å². The van der Waals surface area contributed by atoms with Crippen molar-refractivity contribution in [2.75, 3.05) is 19.9 Å². The Balaban J connectivity index is 1.65. The van der Waals surface area contributed by atoms with Crippen LogP contribution in [0.25, 0.3) is 0 Å². The molecule has 1 saturated heterocycles. The van der Waals surface area contributed by atoms with Crippen LogP contribution in [-0.2, 0) is 0 Å². The van der Waals surface area contributed by atoms with Crippen LogP contribution in [0.2, 0.25) is 0 Å². The highest BCUT2D eigenvalue weighted by molar-refractivity contribution is 5.57. The minimum atomic E-state index is -0.00465. The molecule has 5 heteroatoms. The number of fused-ring (bicyclic) bond motifs is 2. The van der Waals surface area contributed by atoms with E-state index in [9.17, 15) is 5.11 Å². The van der Waals surface area contributed by atoms with Gasteiger partial charge in [-0.25, -0.2) is 0 Å². The molecule has 3 atom stereocenters. The van der Waals surface area contributed by atoms with Crippen LogP contribution >= 0.6 is 0 Å². The maximum Gasteiger partial charge on any atom is 0.231 e. The fourth-order valence-electron chi connectivity index (χ4n) is 4.57. The van der Waals surface area contributed by atoms with Gasteiger partial charge in [-0.2, -0.15) is 0 Å². The van der Waals surface area contributed by atoms with Gasteiger partial charge in [0, 0.05) is 42.1 Å². The number of aromatic hydroxyl groups is 1. The minimum absolute atomic E-state index is 0.00465. The lowest BCUT2D eigenvalue weighted by Crippen LogP contribution is -2.46. The average Bonchev–Trinajstić information content (AvgIpc) is 3.32. The van der Waals surface area contributed by atoms with Crippen LogP contribution in [-0.4, -0.2) is 36.1 Å². The average molecular weight is 353 g/mol. The van der Waals surface area contributed by atoms with Gasteiger partial charge < -0.3 is 19.3 Å². The van der Waals surface area contributed by atoms with Crippen LogP contribution in [0.5, 0.6) is 23.0 Å². The summed E-state index contributed by atoms with van der Waals surface area (Å²) in [6.07, 6.45) is 2.42. The van der Waals surface area contributed by atoms with Crippen molar-refractivity contribution in [1.29, 1.82) is 0 Å². The van der Waals surface area contributed by atoms with Gasteiger partial charge in [-0.3, -0.25) is 4.90 Å². The number of benzene rings is 2. The Hall–Kier alpha value is -2.40. The smallest absolute Gasteiger partial charge is 0.231 e. The Morgan fingerprint density at radius 3 is 2.46 bits per heavy atom. The lowest BCUT2D eigenvalue weighted by atomic mass is 9.77. The summed E-state index contributed by atoms with van der Waals surface area (Å²) in [5.74, 6) is 2.89. The van der Waals surface area contributed by atoms with Gasteiger partial charge in [-0.05, 0) is 25.0 Å². The van der Waals surface area contributed by atoms with Gasteiger partial charge in [0.15, 0.2) is 17.7 Å². The first kappa shape index (κ1) is 15.8. The first-order valence-corrected chi connectivity index (χ1v) is 9.34. The Morgan fingerprint density at radius 2 is 1.69 bits per heavy atom. The van der Waals surface area contributed by atoms with Crippen molar-refractivity contribution in [2.45, 2.75) is 31.9 Å². The monoisotopic (exact) mass is 353 g/mol. The SMILES string of the molecule is C[C@H]1[C@@H](c2ccccc2O)c2cc3c(cc2O[C@@H]1N1CCCC1)OCO3. The molecule has 5 rings (SSSR count). The highest BCUT2D eigenvalue weighted by Gasteiger charge is 2.42. The van der Waals surface area contributed by atoms with E-state index in [1.165, 1.54) is 12.8 Å². The Labute approximate surface area is 153 Å². The van der Waals surface area contributed by atoms with Gasteiger partial charge in [0.25, 0.3) is 0 Å². The van der Waals surface area contributed by atoms with Crippen molar-refractivity contribution in [3.8, 4) is 23.0 Å². The number of hydrogen-bond acceptors (Lipinski definition) is 5. The van der Waals surface area contributed by atoms with E-state index in [1.807, 2.05) is 30.3 Å². The molecule has 0 aliphatic carbocycles. The summed E-state index contributed by atoms with van der Waals surface area (Å²) in [6.45, 7) is 4.57. The molecular formula is C21H23NO4. The zero-order chi connectivity index (χ0) is 17.7. The van der Waals surface area contributed by atoms with Gasteiger partial charge in [0.05, 0.1) is 0 Å². The first-order chi connectivity index (χ1) is 12.7. The number of phenolic OH excluding ortho intramolecular Hbond substituents is 1. The minimum Gasteiger partial charge on any atom is -0.508 e. The van der Waals surface area contributed by atoms with Crippen LogP contribution in [0.15, 0.2) is 36.4 Å². The highest BCUT2D eigenvalue weighted by Crippen LogP contribution is 2.51. The zero-order valence-electron chi connectivity index (χ0n) is 14.9. The van der Waals surface area contributed by atoms with Crippen LogP contribution in [0.3, 0.4) is 0 Å². The van der Waals surface area contributed by atoms with E-state index < -0.39 is 0 Å². The van der Waals surface area contributed by atoms with Crippen LogP contribution in [0, 0.1) is 5.92 Å². The highest BCUT2D eigenvalue weighted by atomic mass is 16.7. The molecule has 136 valence electrons. The number of nitrogens with zero attached hydrogens (tertiary/aromatic N) is 1. The molecule has 0 saturated carbocycles. The number of ether oxygens (including phenoxy) is 3. The van der Waals surface area contributed by atoms with Crippen molar-refractivity contribution in [3.05, 3.63) is 47.5 Å². The molecule has 0 bridgehead atoms. The van der Waals surface area contributed by atoms with Gasteiger partial charge in [0.2, 0.25) is 6.79 Å². The predicted molar refractivity (Wildman–Crippen MR) is 96.9 cm³/mol. The Kier molecular flexibility index (Phi) is 3.71. The number of phenols is 1. The summed E-state index contributed by atoms with van der Waals surface area (Å²) in [6, 6.07) is 11.6. The van der Waals surface area contributed by atoms with E-state index in [1.54, 1.807) is 6.07 Å². The predicted octanol–water partition coefficient (Wildman–Crippen LogP) is 3.70. The summed E-state index contributed by atoms with van der Waals surface area (Å²) in [5, 5.41) is 10.5. The Morgan fingerprint density at radius 1 is 0.962 bits per heavy atom. The molecule has 0 radical (unpaired) electrons. The number of likely N-dealkylation sites (tertiary alicyclic amines) is 1. The first-order valence-electron chi connectivity index (χ1n) is 9.34. The molecule has 0 aromatic heterocycles. The fourth-order valence-corrected chi connectivity index (χ4v) is 4.57. The van der Waals surface area contributed by atoms with Crippen molar-refractivity contribution in [2.24, 2.45) is 5.92 Å². The molecule has 0 spiro atoms. The third kappa shape index (κ3) is 2.42. The van der Waals surface area contributed by atoms with Crippen molar-refractivity contribution >= 4 is 0 Å².